The van der Waals surface area contributed by atoms with Crippen LogP contribution in [0.25, 0.3) is 49.9 Å². The molecule has 1 fully saturated rings. The standard InChI is InChI=1S/C25H29ClN6O2.C25H29F2N5O.C24H30Cl2N6O2S/c1-16-20(24(29-31(16)4)25(33)30(2)3)10-12-34-22-13-18(26)6-7-21(22)17-5-8-23-28-14-19(9-11-27)32(23)15-17;1-15-18(16(2)31(5)28-15)11-12-33-25-19(8-9-21(26)24(25)27)17-7-10-23-20(13-17)22(14-30(3)4)29-32(23)6;1-15(2)11-21-23(16(3)31(4)29-21)30-35(33,34)24-19(25)12-18(13-20(24)26)17-5-6-28-22(14-17)32-9-7-27-8-10-32/h5-8,13-15H,9-12,27H2,1-4H3;7-10,13H,11-12,14H2,1-6H3;5-6,12-15,27,30H,7-11H2,1-4H3. The van der Waals surface area contributed by atoms with Gasteiger partial charge in [0.05, 0.1) is 57.2 Å². The van der Waals surface area contributed by atoms with Crippen molar-refractivity contribution in [3.63, 3.8) is 0 Å². The van der Waals surface area contributed by atoms with E-state index >= 15 is 0 Å². The highest BCUT2D eigenvalue weighted by Gasteiger charge is 2.28. The van der Waals surface area contributed by atoms with Crippen LogP contribution in [0.1, 0.15) is 75.3 Å². The van der Waals surface area contributed by atoms with Crippen LogP contribution in [0.4, 0.5) is 20.3 Å². The summed E-state index contributed by atoms with van der Waals surface area (Å²) in [6.45, 7) is 17.2. The van der Waals surface area contributed by atoms with Crippen LogP contribution < -0.4 is 30.1 Å². The molecular weight excluding hydrogens is 1380 g/mol. The van der Waals surface area contributed by atoms with Gasteiger partial charge in [-0.1, -0.05) is 54.7 Å². The van der Waals surface area contributed by atoms with Gasteiger partial charge < -0.3 is 39.6 Å². The molecule has 4 aromatic carbocycles. The summed E-state index contributed by atoms with van der Waals surface area (Å²) in [5.74, 6) is -0.264. The van der Waals surface area contributed by atoms with Gasteiger partial charge in [-0.05, 0) is 162 Å². The van der Waals surface area contributed by atoms with Crippen molar-refractivity contribution in [3.05, 3.63) is 187 Å². The van der Waals surface area contributed by atoms with Crippen LogP contribution in [0.3, 0.4) is 0 Å². The molecule has 22 nitrogen and oxygen atoms in total. The number of nitrogens with two attached hydrogens (primary N) is 1. The third-order valence-electron chi connectivity index (χ3n) is 18.0. The van der Waals surface area contributed by atoms with Gasteiger partial charge in [0, 0.05) is 163 Å². The smallest absolute Gasteiger partial charge is 0.274 e. The number of benzene rings is 4. The van der Waals surface area contributed by atoms with E-state index in [1.165, 1.54) is 4.90 Å². The van der Waals surface area contributed by atoms with Crippen LogP contribution in [0, 0.1) is 45.2 Å². The summed E-state index contributed by atoms with van der Waals surface area (Å²) in [6.07, 6.45) is 8.11. The van der Waals surface area contributed by atoms with E-state index in [9.17, 15) is 22.0 Å². The summed E-state index contributed by atoms with van der Waals surface area (Å²) < 4.78 is 79.7. The maximum Gasteiger partial charge on any atom is 0.274 e. The van der Waals surface area contributed by atoms with Crippen LogP contribution in [-0.2, 0) is 70.4 Å². The van der Waals surface area contributed by atoms with E-state index in [1.54, 1.807) is 54.9 Å². The van der Waals surface area contributed by atoms with Crippen molar-refractivity contribution in [2.75, 3.05) is 83.8 Å². The van der Waals surface area contributed by atoms with Gasteiger partial charge in [-0.15, -0.1) is 0 Å². The average Bonchev–Trinajstić information content (AvgIpc) is 1.35. The number of aromatic nitrogens is 11. The first-order valence-electron chi connectivity index (χ1n) is 33.5. The van der Waals surface area contributed by atoms with Crippen molar-refractivity contribution in [3.8, 4) is 44.9 Å². The number of hydrogen-bond donors (Lipinski definition) is 3. The van der Waals surface area contributed by atoms with Gasteiger partial charge in [0.25, 0.3) is 15.9 Å². The zero-order chi connectivity index (χ0) is 73.6. The minimum Gasteiger partial charge on any atom is -0.493 e. The molecule has 1 saturated heterocycles. The van der Waals surface area contributed by atoms with Crippen molar-refractivity contribution in [2.45, 2.75) is 78.7 Å². The number of amides is 1. The van der Waals surface area contributed by atoms with Gasteiger partial charge in [0.2, 0.25) is 5.82 Å². The Morgan fingerprint density at radius 2 is 1.36 bits per heavy atom. The number of fused-ring (bicyclic) bond motifs is 2. The molecule has 0 saturated carbocycles. The Bertz CT molecular complexity index is 4960. The van der Waals surface area contributed by atoms with E-state index in [0.717, 1.165) is 128 Å². The van der Waals surface area contributed by atoms with Gasteiger partial charge in [0.1, 0.15) is 22.1 Å². The first-order valence-corrected chi connectivity index (χ1v) is 36.1. The zero-order valence-electron chi connectivity index (χ0n) is 60.1. The molecule has 102 heavy (non-hydrogen) atoms. The van der Waals surface area contributed by atoms with Crippen LogP contribution in [0.2, 0.25) is 15.1 Å². The largest absolute Gasteiger partial charge is 0.493 e. The molecule has 1 amide bonds. The van der Waals surface area contributed by atoms with Crippen molar-refractivity contribution >= 4 is 78.8 Å². The number of nitrogens with one attached hydrogen (secondary N) is 2. The normalized spacial score (nSPS) is 12.5. The molecule has 7 aromatic heterocycles. The van der Waals surface area contributed by atoms with E-state index in [1.807, 2.05) is 150 Å². The highest BCUT2D eigenvalue weighted by Crippen LogP contribution is 2.40. The van der Waals surface area contributed by atoms with Crippen molar-refractivity contribution in [1.29, 1.82) is 0 Å². The molecule has 0 unspecified atom stereocenters. The van der Waals surface area contributed by atoms with Gasteiger partial charge >= 0.3 is 0 Å². The number of ether oxygens (including phenoxy) is 2. The summed E-state index contributed by atoms with van der Waals surface area (Å²) >= 11 is 19.4. The average molecular weight is 1470 g/mol. The fourth-order valence-electron chi connectivity index (χ4n) is 12.4. The van der Waals surface area contributed by atoms with E-state index in [-0.39, 0.29) is 33.2 Å². The molecular formula is C74H88Cl3F2N17O5S. The first-order chi connectivity index (χ1) is 48.5. The molecule has 1 aliphatic heterocycles. The summed E-state index contributed by atoms with van der Waals surface area (Å²) in [6, 6.07) is 25.2. The predicted octanol–water partition coefficient (Wildman–Crippen LogP) is 12.6. The lowest BCUT2D eigenvalue weighted by Gasteiger charge is -2.28. The van der Waals surface area contributed by atoms with E-state index in [0.29, 0.717) is 84.0 Å². The fraction of sp³-hybridized carbons (Fsp3) is 0.365. The highest BCUT2D eigenvalue weighted by molar-refractivity contribution is 7.93. The number of carbonyl (C=O) groups is 1. The number of pyridine rings is 2. The Labute approximate surface area is 609 Å². The summed E-state index contributed by atoms with van der Waals surface area (Å²) in [7, 11) is 10.8. The first kappa shape index (κ1) is 75.7. The molecule has 0 spiro atoms. The summed E-state index contributed by atoms with van der Waals surface area (Å²) in [5, 5.41) is 22.9. The van der Waals surface area contributed by atoms with Gasteiger partial charge in [-0.2, -0.15) is 24.8 Å². The van der Waals surface area contributed by atoms with Crippen LogP contribution in [0.5, 0.6) is 11.5 Å². The molecule has 540 valence electrons. The molecule has 0 bridgehead atoms. The zero-order valence-corrected chi connectivity index (χ0v) is 63.1. The Morgan fingerprint density at radius 1 is 0.706 bits per heavy atom. The molecule has 8 heterocycles. The van der Waals surface area contributed by atoms with Crippen LogP contribution in [-0.4, -0.2) is 152 Å². The monoisotopic (exact) mass is 1470 g/mol. The van der Waals surface area contributed by atoms with Crippen molar-refractivity contribution in [1.82, 2.24) is 68.6 Å². The number of carbonyl (C=O) groups excluding carboxylic acids is 1. The second-order valence-electron chi connectivity index (χ2n) is 26.2. The minimum absolute atomic E-state index is 0.0486. The second-order valence-corrected chi connectivity index (χ2v) is 29.1. The second kappa shape index (κ2) is 32.6. The van der Waals surface area contributed by atoms with Crippen molar-refractivity contribution < 1.29 is 31.5 Å². The number of sulfonamides is 1. The lowest BCUT2D eigenvalue weighted by Crippen LogP contribution is -2.43. The topological polar surface area (TPSA) is 231 Å². The van der Waals surface area contributed by atoms with E-state index in [2.05, 4.69) is 63.5 Å². The maximum absolute atomic E-state index is 14.9. The Balaban J connectivity index is 0.000000165. The molecule has 0 radical (unpaired) electrons. The number of nitrogens with zero attached hydrogens (tertiary/aromatic N) is 14. The Kier molecular flexibility index (Phi) is 24.2. The summed E-state index contributed by atoms with van der Waals surface area (Å²) in [4.78, 5) is 27.2. The third-order valence-corrected chi connectivity index (χ3v) is 20.5. The number of imidazole rings is 1. The van der Waals surface area contributed by atoms with Crippen molar-refractivity contribution in [2.24, 2.45) is 39.8 Å². The van der Waals surface area contributed by atoms with Gasteiger partial charge in [-0.3, -0.25) is 28.2 Å². The summed E-state index contributed by atoms with van der Waals surface area (Å²) in [5.41, 5.74) is 21.5. The molecule has 28 heteroatoms. The molecule has 1 aliphatic rings. The number of piperazine rings is 1. The highest BCUT2D eigenvalue weighted by atomic mass is 35.5. The van der Waals surface area contributed by atoms with Crippen LogP contribution >= 0.6 is 34.8 Å². The number of halogens is 5. The van der Waals surface area contributed by atoms with E-state index in [4.69, 9.17) is 50.0 Å². The molecule has 0 atom stereocenters. The molecule has 11 aromatic rings. The lowest BCUT2D eigenvalue weighted by atomic mass is 10.0. The van der Waals surface area contributed by atoms with Gasteiger partial charge in [-0.25, -0.2) is 22.8 Å². The van der Waals surface area contributed by atoms with Crippen LogP contribution in [0.15, 0.2) is 108 Å². The maximum atomic E-state index is 14.9. The lowest BCUT2D eigenvalue weighted by molar-refractivity contribution is 0.0820. The third kappa shape index (κ3) is 17.1. The quantitative estimate of drug-likeness (QED) is 0.0573. The fourth-order valence-corrected chi connectivity index (χ4v) is 14.9. The predicted molar refractivity (Wildman–Crippen MR) is 401 cm³/mol. The van der Waals surface area contributed by atoms with Gasteiger partial charge in [0.15, 0.2) is 17.3 Å². The minimum atomic E-state index is -4.06. The Morgan fingerprint density at radius 3 is 2.04 bits per heavy atom. The Hall–Kier alpha value is -8.95. The number of hydrogen-bond acceptors (Lipinski definition) is 15. The SMILES string of the molecule is Cc1c(CCOc2cc(Cl)ccc2-c2ccc3ncc(CCN)n3c2)c(C(=O)N(C)C)nn1C.Cc1c(NS(=O)(=O)c2c(Cl)cc(-c3ccnc(N4CCNCC4)c3)cc2Cl)c(CC(C)C)nn1C.Cc1nn(C)c(C)c1CCOc1c(-c2ccc3c(c2)c(CN(C)C)nn3C)ccc(F)c1F. The molecule has 4 N–H and O–H groups in total. The number of rotatable bonds is 22. The van der Waals surface area contributed by atoms with E-state index < -0.39 is 21.7 Å². The number of aryl methyl sites for hydroxylation is 5. The number of anilines is 2. The molecule has 12 rings (SSSR count). The molecule has 0 aliphatic carbocycles.